The summed E-state index contributed by atoms with van der Waals surface area (Å²) in [6, 6.07) is 12.4. The minimum atomic E-state index is 0.162. The smallest absolute Gasteiger partial charge is 0.133 e. The fraction of sp³-hybridized carbons (Fsp3) is 0.333. The predicted molar refractivity (Wildman–Crippen MR) is 76.8 cm³/mol. The van der Waals surface area contributed by atoms with Crippen LogP contribution in [-0.4, -0.2) is 24.9 Å². The van der Waals surface area contributed by atoms with Crippen molar-refractivity contribution in [2.45, 2.75) is 23.5 Å². The summed E-state index contributed by atoms with van der Waals surface area (Å²) in [7, 11) is 1.97. The van der Waals surface area contributed by atoms with Crippen molar-refractivity contribution in [2.24, 2.45) is 0 Å². The summed E-state index contributed by atoms with van der Waals surface area (Å²) in [5.41, 5.74) is 0. The van der Waals surface area contributed by atoms with Gasteiger partial charge in [0.2, 0.25) is 0 Å². The number of ether oxygens (including phenoxy) is 1. The minimum Gasteiger partial charge on any atom is -0.487 e. The van der Waals surface area contributed by atoms with Crippen molar-refractivity contribution in [2.75, 3.05) is 12.8 Å². The van der Waals surface area contributed by atoms with Crippen LogP contribution < -0.4 is 10.1 Å². The quantitative estimate of drug-likeness (QED) is 0.930. The SMILES string of the molecule is CNC(Cc1ccco1)C1CSc2ccccc2O1. The number of benzene rings is 1. The lowest BCUT2D eigenvalue weighted by Gasteiger charge is -2.31. The van der Waals surface area contributed by atoms with Crippen molar-refractivity contribution < 1.29 is 9.15 Å². The molecule has 2 heterocycles. The summed E-state index contributed by atoms with van der Waals surface area (Å²) >= 11 is 1.86. The normalized spacial score (nSPS) is 19.5. The Kier molecular flexibility index (Phi) is 3.80. The molecule has 2 aromatic rings. The largest absolute Gasteiger partial charge is 0.487 e. The first-order valence-electron chi connectivity index (χ1n) is 6.45. The fourth-order valence-corrected chi connectivity index (χ4v) is 3.38. The van der Waals surface area contributed by atoms with E-state index in [2.05, 4.69) is 11.4 Å². The topological polar surface area (TPSA) is 34.4 Å². The van der Waals surface area contributed by atoms with Crippen LogP contribution in [0.15, 0.2) is 52.0 Å². The number of likely N-dealkylation sites (N-methyl/N-ethyl adjacent to an activating group) is 1. The zero-order valence-electron chi connectivity index (χ0n) is 10.8. The molecule has 19 heavy (non-hydrogen) atoms. The Morgan fingerprint density at radius 1 is 1.32 bits per heavy atom. The van der Waals surface area contributed by atoms with Crippen LogP contribution in [0.4, 0.5) is 0 Å². The minimum absolute atomic E-state index is 0.162. The highest BCUT2D eigenvalue weighted by Crippen LogP contribution is 2.36. The van der Waals surface area contributed by atoms with Crippen LogP contribution in [0.3, 0.4) is 0 Å². The first-order valence-corrected chi connectivity index (χ1v) is 7.43. The third-order valence-corrected chi connectivity index (χ3v) is 4.49. The van der Waals surface area contributed by atoms with Crippen molar-refractivity contribution in [1.82, 2.24) is 5.32 Å². The van der Waals surface area contributed by atoms with E-state index in [4.69, 9.17) is 9.15 Å². The van der Waals surface area contributed by atoms with Gasteiger partial charge in [-0.25, -0.2) is 0 Å². The monoisotopic (exact) mass is 275 g/mol. The Morgan fingerprint density at radius 2 is 2.21 bits per heavy atom. The first kappa shape index (κ1) is 12.6. The second-order valence-corrected chi connectivity index (χ2v) is 5.65. The van der Waals surface area contributed by atoms with E-state index < -0.39 is 0 Å². The highest BCUT2D eigenvalue weighted by Gasteiger charge is 2.27. The molecule has 0 radical (unpaired) electrons. The van der Waals surface area contributed by atoms with E-state index in [9.17, 15) is 0 Å². The third-order valence-electron chi connectivity index (χ3n) is 3.35. The summed E-state index contributed by atoms with van der Waals surface area (Å²) < 4.78 is 11.5. The van der Waals surface area contributed by atoms with Crippen molar-refractivity contribution in [3.63, 3.8) is 0 Å². The van der Waals surface area contributed by atoms with Gasteiger partial charge in [0.1, 0.15) is 17.6 Å². The van der Waals surface area contributed by atoms with Crippen molar-refractivity contribution in [1.29, 1.82) is 0 Å². The Bertz CT molecular complexity index is 527. The molecule has 2 unspecified atom stereocenters. The van der Waals surface area contributed by atoms with Crippen LogP contribution in [-0.2, 0) is 6.42 Å². The number of rotatable bonds is 4. The maximum atomic E-state index is 6.11. The van der Waals surface area contributed by atoms with Gasteiger partial charge in [0.15, 0.2) is 0 Å². The second-order valence-electron chi connectivity index (χ2n) is 4.59. The molecule has 1 N–H and O–H groups in total. The lowest BCUT2D eigenvalue weighted by atomic mass is 10.1. The molecule has 0 aliphatic carbocycles. The van der Waals surface area contributed by atoms with E-state index >= 15 is 0 Å². The molecule has 4 heteroatoms. The summed E-state index contributed by atoms with van der Waals surface area (Å²) in [5.74, 6) is 2.94. The molecule has 0 spiro atoms. The van der Waals surface area contributed by atoms with E-state index in [-0.39, 0.29) is 12.1 Å². The molecule has 1 aliphatic heterocycles. The Labute approximate surface area is 117 Å². The highest BCUT2D eigenvalue weighted by molar-refractivity contribution is 7.99. The van der Waals surface area contributed by atoms with Crippen molar-refractivity contribution in [3.8, 4) is 5.75 Å². The zero-order chi connectivity index (χ0) is 13.1. The van der Waals surface area contributed by atoms with Gasteiger partial charge in [-0.05, 0) is 31.3 Å². The van der Waals surface area contributed by atoms with Crippen LogP contribution in [0, 0.1) is 0 Å². The van der Waals surface area contributed by atoms with Crippen LogP contribution >= 0.6 is 11.8 Å². The van der Waals surface area contributed by atoms with Gasteiger partial charge in [-0.15, -0.1) is 11.8 Å². The fourth-order valence-electron chi connectivity index (χ4n) is 2.30. The van der Waals surface area contributed by atoms with Gasteiger partial charge in [0.25, 0.3) is 0 Å². The lowest BCUT2D eigenvalue weighted by Crippen LogP contribution is -2.45. The predicted octanol–water partition coefficient (Wildman–Crippen LogP) is 2.96. The van der Waals surface area contributed by atoms with Gasteiger partial charge < -0.3 is 14.5 Å². The third kappa shape index (κ3) is 2.80. The Balaban J connectivity index is 1.72. The molecule has 0 fully saturated rings. The molecule has 2 atom stereocenters. The molecule has 3 nitrogen and oxygen atoms in total. The molecule has 100 valence electrons. The van der Waals surface area contributed by atoms with Gasteiger partial charge in [-0.3, -0.25) is 0 Å². The Morgan fingerprint density at radius 3 is 3.00 bits per heavy atom. The molecular weight excluding hydrogens is 258 g/mol. The molecule has 3 rings (SSSR count). The number of nitrogens with one attached hydrogen (secondary N) is 1. The molecule has 1 aromatic heterocycles. The number of hydrogen-bond acceptors (Lipinski definition) is 4. The van der Waals surface area contributed by atoms with Crippen LogP contribution in [0.1, 0.15) is 5.76 Å². The number of fused-ring (bicyclic) bond motifs is 1. The number of hydrogen-bond donors (Lipinski definition) is 1. The summed E-state index contributed by atoms with van der Waals surface area (Å²) in [4.78, 5) is 1.23. The van der Waals surface area contributed by atoms with E-state index in [0.29, 0.717) is 0 Å². The van der Waals surface area contributed by atoms with E-state index in [1.54, 1.807) is 6.26 Å². The first-order chi connectivity index (χ1) is 9.36. The maximum Gasteiger partial charge on any atom is 0.133 e. The maximum absolute atomic E-state index is 6.11. The molecular formula is C15H17NO2S. The summed E-state index contributed by atoms with van der Waals surface area (Å²) in [5, 5.41) is 3.34. The molecule has 1 aliphatic rings. The molecule has 0 bridgehead atoms. The number of thioether (sulfide) groups is 1. The van der Waals surface area contributed by atoms with Crippen LogP contribution in [0.25, 0.3) is 0 Å². The average molecular weight is 275 g/mol. The molecule has 0 saturated carbocycles. The summed E-state index contributed by atoms with van der Waals surface area (Å²) in [6.45, 7) is 0. The summed E-state index contributed by atoms with van der Waals surface area (Å²) in [6.07, 6.45) is 2.72. The van der Waals surface area contributed by atoms with Gasteiger partial charge in [0, 0.05) is 17.1 Å². The van der Waals surface area contributed by atoms with E-state index in [0.717, 1.165) is 23.7 Å². The lowest BCUT2D eigenvalue weighted by molar-refractivity contribution is 0.166. The Hall–Kier alpha value is -1.39. The second kappa shape index (κ2) is 5.72. The highest BCUT2D eigenvalue weighted by atomic mass is 32.2. The number of furan rings is 1. The standard InChI is InChI=1S/C15H17NO2S/c1-16-12(9-11-5-4-8-17-11)14-10-19-15-7-3-2-6-13(15)18-14/h2-8,12,14,16H,9-10H2,1H3. The molecule has 0 amide bonds. The van der Waals surface area contributed by atoms with Gasteiger partial charge in [0.05, 0.1) is 12.3 Å². The van der Waals surface area contributed by atoms with Crippen LogP contribution in [0.5, 0.6) is 5.75 Å². The van der Waals surface area contributed by atoms with E-state index in [1.807, 2.05) is 49.1 Å². The molecule has 1 aromatic carbocycles. The van der Waals surface area contributed by atoms with Gasteiger partial charge >= 0.3 is 0 Å². The van der Waals surface area contributed by atoms with E-state index in [1.165, 1.54) is 4.90 Å². The number of para-hydroxylation sites is 1. The van der Waals surface area contributed by atoms with Crippen LogP contribution in [0.2, 0.25) is 0 Å². The van der Waals surface area contributed by atoms with Gasteiger partial charge in [-0.1, -0.05) is 12.1 Å². The molecule has 0 saturated heterocycles. The van der Waals surface area contributed by atoms with Gasteiger partial charge in [-0.2, -0.15) is 0 Å². The van der Waals surface area contributed by atoms with Crippen molar-refractivity contribution in [3.05, 3.63) is 48.4 Å². The average Bonchev–Trinajstić information content (AvgIpc) is 2.97. The van der Waals surface area contributed by atoms with Crippen molar-refractivity contribution >= 4 is 11.8 Å². The zero-order valence-corrected chi connectivity index (χ0v) is 11.7.